The molecule has 1 aromatic carbocycles. The van der Waals surface area contributed by atoms with E-state index in [4.69, 9.17) is 16.9 Å². The van der Waals surface area contributed by atoms with Crippen LogP contribution in [0.25, 0.3) is 0 Å². The predicted molar refractivity (Wildman–Crippen MR) is 66.7 cm³/mol. The van der Waals surface area contributed by atoms with E-state index in [1.54, 1.807) is 12.1 Å². The maximum absolute atomic E-state index is 9.03. The lowest BCUT2D eigenvalue weighted by Gasteiger charge is -2.27. The highest BCUT2D eigenvalue weighted by Crippen LogP contribution is 2.34. The summed E-state index contributed by atoms with van der Waals surface area (Å²) < 4.78 is 0. The fourth-order valence-corrected chi connectivity index (χ4v) is 2.49. The molecule has 0 aromatic heterocycles. The van der Waals surface area contributed by atoms with Crippen LogP contribution in [0.2, 0.25) is 5.02 Å². The SMILES string of the molecule is CC1(Nc2cc(Cl)ccc2C#N)CCCC1. The van der Waals surface area contributed by atoms with Gasteiger partial charge in [0.1, 0.15) is 6.07 Å². The van der Waals surface area contributed by atoms with E-state index in [2.05, 4.69) is 18.3 Å². The van der Waals surface area contributed by atoms with E-state index >= 15 is 0 Å². The Balaban J connectivity index is 2.26. The van der Waals surface area contributed by atoms with Gasteiger partial charge in [-0.1, -0.05) is 24.4 Å². The molecule has 0 heterocycles. The van der Waals surface area contributed by atoms with Crippen LogP contribution in [-0.2, 0) is 0 Å². The summed E-state index contributed by atoms with van der Waals surface area (Å²) in [4.78, 5) is 0. The largest absolute Gasteiger partial charge is 0.379 e. The van der Waals surface area contributed by atoms with Crippen molar-refractivity contribution in [3.8, 4) is 6.07 Å². The first-order chi connectivity index (χ1) is 7.63. The molecular weight excluding hydrogens is 220 g/mol. The van der Waals surface area contributed by atoms with E-state index in [0.717, 1.165) is 18.5 Å². The lowest BCUT2D eigenvalue weighted by Crippen LogP contribution is -2.31. The zero-order valence-corrected chi connectivity index (χ0v) is 10.1. The fraction of sp³-hybridized carbons (Fsp3) is 0.462. The minimum atomic E-state index is 0.121. The van der Waals surface area contributed by atoms with Gasteiger partial charge in [0, 0.05) is 10.6 Å². The number of nitriles is 1. The molecule has 0 radical (unpaired) electrons. The van der Waals surface area contributed by atoms with Gasteiger partial charge in [-0.25, -0.2) is 0 Å². The molecule has 0 atom stereocenters. The molecular formula is C13H15ClN2. The molecule has 16 heavy (non-hydrogen) atoms. The van der Waals surface area contributed by atoms with E-state index in [9.17, 15) is 0 Å². The molecule has 0 aliphatic heterocycles. The van der Waals surface area contributed by atoms with Crippen molar-refractivity contribution < 1.29 is 0 Å². The minimum Gasteiger partial charge on any atom is -0.379 e. The van der Waals surface area contributed by atoms with Gasteiger partial charge < -0.3 is 5.32 Å². The third kappa shape index (κ3) is 2.31. The number of halogens is 1. The van der Waals surface area contributed by atoms with E-state index in [0.29, 0.717) is 10.6 Å². The van der Waals surface area contributed by atoms with Gasteiger partial charge in [-0.2, -0.15) is 5.26 Å². The summed E-state index contributed by atoms with van der Waals surface area (Å²) in [5.74, 6) is 0. The Morgan fingerprint density at radius 1 is 1.38 bits per heavy atom. The van der Waals surface area contributed by atoms with Gasteiger partial charge in [0.15, 0.2) is 0 Å². The molecule has 0 spiro atoms. The molecule has 2 rings (SSSR count). The van der Waals surface area contributed by atoms with Crippen molar-refractivity contribution in [1.82, 2.24) is 0 Å². The molecule has 1 aromatic rings. The second-order valence-electron chi connectivity index (χ2n) is 4.69. The van der Waals surface area contributed by atoms with Gasteiger partial charge >= 0.3 is 0 Å². The Hall–Kier alpha value is -1.20. The molecule has 2 nitrogen and oxygen atoms in total. The molecule has 1 saturated carbocycles. The van der Waals surface area contributed by atoms with Crippen LogP contribution >= 0.6 is 11.6 Å². The molecule has 84 valence electrons. The van der Waals surface area contributed by atoms with Crippen LogP contribution in [0.1, 0.15) is 38.2 Å². The normalized spacial score (nSPS) is 18.1. The van der Waals surface area contributed by atoms with Gasteiger partial charge in [-0.05, 0) is 38.0 Å². The Labute approximate surface area is 101 Å². The Morgan fingerprint density at radius 3 is 2.69 bits per heavy atom. The summed E-state index contributed by atoms with van der Waals surface area (Å²) in [6, 6.07) is 7.55. The number of benzene rings is 1. The van der Waals surface area contributed by atoms with Crippen molar-refractivity contribution in [2.45, 2.75) is 38.1 Å². The zero-order chi connectivity index (χ0) is 11.6. The number of rotatable bonds is 2. The van der Waals surface area contributed by atoms with Crippen molar-refractivity contribution in [2.24, 2.45) is 0 Å². The van der Waals surface area contributed by atoms with E-state index in [1.807, 2.05) is 6.07 Å². The average Bonchev–Trinajstić information content (AvgIpc) is 2.65. The summed E-state index contributed by atoms with van der Waals surface area (Å²) in [5, 5.41) is 13.2. The zero-order valence-electron chi connectivity index (χ0n) is 9.39. The fourth-order valence-electron chi connectivity index (χ4n) is 2.32. The lowest BCUT2D eigenvalue weighted by atomic mass is 9.99. The molecule has 0 amide bonds. The number of hydrogen-bond acceptors (Lipinski definition) is 2. The molecule has 0 unspecified atom stereocenters. The summed E-state index contributed by atoms with van der Waals surface area (Å²) in [6.07, 6.45) is 4.83. The van der Waals surface area contributed by atoms with E-state index in [1.165, 1.54) is 12.8 Å². The topological polar surface area (TPSA) is 35.8 Å². The molecule has 0 saturated heterocycles. The van der Waals surface area contributed by atoms with Crippen LogP contribution in [0.5, 0.6) is 0 Å². The maximum atomic E-state index is 9.03. The molecule has 0 bridgehead atoms. The number of nitrogens with one attached hydrogen (secondary N) is 1. The first-order valence-corrected chi connectivity index (χ1v) is 5.99. The summed E-state index contributed by atoms with van der Waals surface area (Å²) in [6.45, 7) is 2.21. The van der Waals surface area contributed by atoms with Crippen LogP contribution in [0.4, 0.5) is 5.69 Å². The van der Waals surface area contributed by atoms with Gasteiger partial charge in [-0.3, -0.25) is 0 Å². The minimum absolute atomic E-state index is 0.121. The summed E-state index contributed by atoms with van der Waals surface area (Å²) in [5.41, 5.74) is 1.65. The third-order valence-corrected chi connectivity index (χ3v) is 3.48. The highest BCUT2D eigenvalue weighted by atomic mass is 35.5. The molecule has 3 heteroatoms. The van der Waals surface area contributed by atoms with E-state index in [-0.39, 0.29) is 5.54 Å². The van der Waals surface area contributed by atoms with E-state index < -0.39 is 0 Å². The Kier molecular flexibility index (Phi) is 3.07. The molecule has 1 N–H and O–H groups in total. The molecule has 1 aliphatic carbocycles. The smallest absolute Gasteiger partial charge is 0.101 e. The van der Waals surface area contributed by atoms with Crippen LogP contribution < -0.4 is 5.32 Å². The van der Waals surface area contributed by atoms with Crippen molar-refractivity contribution in [1.29, 1.82) is 5.26 Å². The second kappa shape index (κ2) is 4.35. The highest BCUT2D eigenvalue weighted by molar-refractivity contribution is 6.30. The Bertz CT molecular complexity index is 428. The van der Waals surface area contributed by atoms with Crippen molar-refractivity contribution in [3.05, 3.63) is 28.8 Å². The van der Waals surface area contributed by atoms with Crippen LogP contribution in [0.15, 0.2) is 18.2 Å². The van der Waals surface area contributed by atoms with Crippen LogP contribution in [0, 0.1) is 11.3 Å². The standard InChI is InChI=1S/C13H15ClN2/c1-13(6-2-3-7-13)16-12-8-11(14)5-4-10(12)9-15/h4-5,8,16H,2-3,6-7H2,1H3. The number of anilines is 1. The molecule has 1 aliphatic rings. The predicted octanol–water partition coefficient (Wildman–Crippen LogP) is 3.96. The first-order valence-electron chi connectivity index (χ1n) is 5.61. The maximum Gasteiger partial charge on any atom is 0.101 e. The van der Waals surface area contributed by atoms with Crippen LogP contribution in [0.3, 0.4) is 0 Å². The highest BCUT2D eigenvalue weighted by Gasteiger charge is 2.28. The van der Waals surface area contributed by atoms with Gasteiger partial charge in [0.05, 0.1) is 11.3 Å². The first kappa shape index (κ1) is 11.3. The quantitative estimate of drug-likeness (QED) is 0.841. The lowest BCUT2D eigenvalue weighted by molar-refractivity contribution is 0.533. The number of nitrogens with zero attached hydrogens (tertiary/aromatic N) is 1. The van der Waals surface area contributed by atoms with Gasteiger partial charge in [-0.15, -0.1) is 0 Å². The van der Waals surface area contributed by atoms with Crippen LogP contribution in [-0.4, -0.2) is 5.54 Å². The Morgan fingerprint density at radius 2 is 2.06 bits per heavy atom. The monoisotopic (exact) mass is 234 g/mol. The molecule has 1 fully saturated rings. The average molecular weight is 235 g/mol. The number of hydrogen-bond donors (Lipinski definition) is 1. The van der Waals surface area contributed by atoms with Crippen molar-refractivity contribution in [2.75, 3.05) is 5.32 Å². The summed E-state index contributed by atoms with van der Waals surface area (Å²) >= 11 is 5.96. The van der Waals surface area contributed by atoms with Crippen molar-refractivity contribution >= 4 is 17.3 Å². The van der Waals surface area contributed by atoms with Gasteiger partial charge in [0.25, 0.3) is 0 Å². The van der Waals surface area contributed by atoms with Crippen molar-refractivity contribution in [3.63, 3.8) is 0 Å². The van der Waals surface area contributed by atoms with Gasteiger partial charge in [0.2, 0.25) is 0 Å². The summed E-state index contributed by atoms with van der Waals surface area (Å²) in [7, 11) is 0. The second-order valence-corrected chi connectivity index (χ2v) is 5.13. The third-order valence-electron chi connectivity index (χ3n) is 3.25.